The van der Waals surface area contributed by atoms with Gasteiger partial charge in [-0.2, -0.15) is 0 Å². The Labute approximate surface area is 124 Å². The fourth-order valence-electron chi connectivity index (χ4n) is 1.67. The van der Waals surface area contributed by atoms with Gasteiger partial charge in [0, 0.05) is 11.6 Å². The van der Waals surface area contributed by atoms with Gasteiger partial charge in [0.1, 0.15) is 11.2 Å². The average Bonchev–Trinajstić information content (AvgIpc) is 3.17. The predicted molar refractivity (Wildman–Crippen MR) is 77.7 cm³/mol. The zero-order chi connectivity index (χ0) is 14.5. The van der Waals surface area contributed by atoms with E-state index in [1.54, 1.807) is 11.6 Å². The number of amides is 2. The van der Waals surface area contributed by atoms with Crippen molar-refractivity contribution in [2.24, 2.45) is 0 Å². The normalized spacial score (nSPS) is 10.3. The predicted octanol–water partition coefficient (Wildman–Crippen LogP) is 2.51. The van der Waals surface area contributed by atoms with Crippen molar-refractivity contribution >= 4 is 22.5 Å². The number of carbonyl (C=O) groups is 1. The number of carbonyl (C=O) groups excluding carboxylic acids is 1. The third-order valence-electron chi connectivity index (χ3n) is 2.63. The van der Waals surface area contributed by atoms with Gasteiger partial charge < -0.3 is 9.84 Å². The van der Waals surface area contributed by atoms with Crippen LogP contribution in [0.2, 0.25) is 0 Å². The van der Waals surface area contributed by atoms with Gasteiger partial charge >= 0.3 is 6.03 Å². The van der Waals surface area contributed by atoms with E-state index in [0.717, 1.165) is 5.56 Å². The van der Waals surface area contributed by atoms with E-state index >= 15 is 0 Å². The Balaban J connectivity index is 1.56. The van der Waals surface area contributed by atoms with Crippen LogP contribution in [0.15, 0.2) is 46.4 Å². The highest BCUT2D eigenvalue weighted by atomic mass is 32.1. The number of aromatic nitrogens is 3. The number of hydrogen-bond acceptors (Lipinski definition) is 6. The quantitative estimate of drug-likeness (QED) is 0.772. The standard InChI is InChI=1S/C13H11N5O2S/c19-12(16-13-17-15-8-21-13)14-7-10-6-11(20-18-10)9-4-2-1-3-5-9/h1-6,8H,7H2,(H2,14,16,17,19). The molecule has 0 radical (unpaired) electrons. The van der Waals surface area contributed by atoms with Crippen molar-refractivity contribution in [3.8, 4) is 11.3 Å². The zero-order valence-electron chi connectivity index (χ0n) is 10.8. The van der Waals surface area contributed by atoms with Crippen LogP contribution in [-0.4, -0.2) is 21.4 Å². The second-order valence-electron chi connectivity index (χ2n) is 4.10. The van der Waals surface area contributed by atoms with Gasteiger partial charge in [-0.1, -0.05) is 46.8 Å². The van der Waals surface area contributed by atoms with Gasteiger partial charge in [0.15, 0.2) is 5.76 Å². The molecule has 0 unspecified atom stereocenters. The first-order valence-corrected chi connectivity index (χ1v) is 7.01. The largest absolute Gasteiger partial charge is 0.356 e. The Bertz CT molecular complexity index is 711. The summed E-state index contributed by atoms with van der Waals surface area (Å²) in [6.45, 7) is 0.265. The van der Waals surface area contributed by atoms with E-state index in [4.69, 9.17) is 4.52 Å². The van der Waals surface area contributed by atoms with Gasteiger partial charge in [-0.15, -0.1) is 10.2 Å². The molecule has 0 spiro atoms. The van der Waals surface area contributed by atoms with Crippen molar-refractivity contribution < 1.29 is 9.32 Å². The molecule has 0 bridgehead atoms. The molecule has 0 saturated carbocycles. The summed E-state index contributed by atoms with van der Waals surface area (Å²) in [5, 5.41) is 16.9. The van der Waals surface area contributed by atoms with Crippen molar-refractivity contribution in [2.45, 2.75) is 6.54 Å². The summed E-state index contributed by atoms with van der Waals surface area (Å²) >= 11 is 1.25. The minimum Gasteiger partial charge on any atom is -0.356 e. The third kappa shape index (κ3) is 3.42. The number of benzene rings is 1. The zero-order valence-corrected chi connectivity index (χ0v) is 11.6. The number of urea groups is 1. The van der Waals surface area contributed by atoms with E-state index < -0.39 is 0 Å². The topological polar surface area (TPSA) is 92.9 Å². The highest BCUT2D eigenvalue weighted by Crippen LogP contribution is 2.19. The lowest BCUT2D eigenvalue weighted by Crippen LogP contribution is -2.28. The molecule has 2 amide bonds. The summed E-state index contributed by atoms with van der Waals surface area (Å²) in [5.74, 6) is 0.664. The lowest BCUT2D eigenvalue weighted by Gasteiger charge is -2.01. The van der Waals surface area contributed by atoms with Crippen molar-refractivity contribution in [2.75, 3.05) is 5.32 Å². The van der Waals surface area contributed by atoms with Crippen LogP contribution in [0.25, 0.3) is 11.3 Å². The van der Waals surface area contributed by atoms with Crippen LogP contribution >= 0.6 is 11.3 Å². The van der Waals surface area contributed by atoms with Crippen molar-refractivity contribution in [3.05, 3.63) is 47.6 Å². The van der Waals surface area contributed by atoms with Gasteiger partial charge in [-0.25, -0.2) is 4.79 Å². The van der Waals surface area contributed by atoms with E-state index in [1.807, 2.05) is 30.3 Å². The second-order valence-corrected chi connectivity index (χ2v) is 4.93. The van der Waals surface area contributed by atoms with Crippen LogP contribution in [0, 0.1) is 0 Å². The van der Waals surface area contributed by atoms with Gasteiger partial charge in [-0.05, 0) is 0 Å². The van der Waals surface area contributed by atoms with Gasteiger partial charge in [0.2, 0.25) is 5.13 Å². The molecule has 0 aliphatic carbocycles. The first-order chi connectivity index (χ1) is 10.3. The van der Waals surface area contributed by atoms with Crippen molar-refractivity contribution in [3.63, 3.8) is 0 Å². The summed E-state index contributed by atoms with van der Waals surface area (Å²) in [7, 11) is 0. The van der Waals surface area contributed by atoms with Gasteiger partial charge in [0.05, 0.1) is 6.54 Å². The summed E-state index contributed by atoms with van der Waals surface area (Å²) in [4.78, 5) is 11.6. The lowest BCUT2D eigenvalue weighted by atomic mass is 10.2. The molecule has 8 heteroatoms. The SMILES string of the molecule is O=C(NCc1cc(-c2ccccc2)on1)Nc1nncs1. The first-order valence-electron chi connectivity index (χ1n) is 6.13. The molecule has 2 heterocycles. The Kier molecular flexibility index (Phi) is 3.88. The number of nitrogens with zero attached hydrogens (tertiary/aromatic N) is 3. The maximum absolute atomic E-state index is 11.6. The summed E-state index contributed by atoms with van der Waals surface area (Å²) in [5.41, 5.74) is 3.12. The molecule has 106 valence electrons. The first kappa shape index (κ1) is 13.3. The number of nitrogens with one attached hydrogen (secondary N) is 2. The molecule has 3 aromatic rings. The van der Waals surface area contributed by atoms with Crippen molar-refractivity contribution in [1.29, 1.82) is 0 Å². The van der Waals surface area contributed by atoms with E-state index in [-0.39, 0.29) is 12.6 Å². The van der Waals surface area contributed by atoms with Crippen molar-refractivity contribution in [1.82, 2.24) is 20.7 Å². The molecule has 3 rings (SSSR count). The third-order valence-corrected chi connectivity index (χ3v) is 3.23. The fraction of sp³-hybridized carbons (Fsp3) is 0.0769. The Hall–Kier alpha value is -2.74. The summed E-state index contributed by atoms with van der Waals surface area (Å²) in [6.07, 6.45) is 0. The number of anilines is 1. The van der Waals surface area contributed by atoms with E-state index in [0.29, 0.717) is 16.6 Å². The molecule has 7 nitrogen and oxygen atoms in total. The Morgan fingerprint density at radius 2 is 2.14 bits per heavy atom. The molecule has 0 aliphatic heterocycles. The van der Waals surface area contributed by atoms with Gasteiger partial charge in [-0.3, -0.25) is 5.32 Å². The van der Waals surface area contributed by atoms with Crippen LogP contribution in [-0.2, 0) is 6.54 Å². The van der Waals surface area contributed by atoms with E-state index in [9.17, 15) is 4.79 Å². The van der Waals surface area contributed by atoms with Crippen LogP contribution in [0.1, 0.15) is 5.69 Å². The molecule has 2 N–H and O–H groups in total. The van der Waals surface area contributed by atoms with Crippen LogP contribution in [0.4, 0.5) is 9.93 Å². The van der Waals surface area contributed by atoms with E-state index in [2.05, 4.69) is 26.0 Å². The molecular weight excluding hydrogens is 290 g/mol. The molecule has 0 aliphatic rings. The van der Waals surface area contributed by atoms with Crippen LogP contribution < -0.4 is 10.6 Å². The monoisotopic (exact) mass is 301 g/mol. The van der Waals surface area contributed by atoms with E-state index in [1.165, 1.54) is 11.3 Å². The fourth-order valence-corrected chi connectivity index (χ4v) is 2.11. The second kappa shape index (κ2) is 6.14. The Morgan fingerprint density at radius 3 is 2.90 bits per heavy atom. The van der Waals surface area contributed by atoms with Gasteiger partial charge in [0.25, 0.3) is 0 Å². The lowest BCUT2D eigenvalue weighted by molar-refractivity contribution is 0.251. The minimum absolute atomic E-state index is 0.265. The molecule has 0 atom stereocenters. The summed E-state index contributed by atoms with van der Waals surface area (Å²) in [6, 6.07) is 11.1. The molecular formula is C13H11N5O2S. The highest BCUT2D eigenvalue weighted by molar-refractivity contribution is 7.13. The highest BCUT2D eigenvalue weighted by Gasteiger charge is 2.08. The molecule has 1 aromatic carbocycles. The minimum atomic E-state index is -0.365. The molecule has 2 aromatic heterocycles. The average molecular weight is 301 g/mol. The molecule has 0 fully saturated rings. The smallest absolute Gasteiger partial charge is 0.321 e. The summed E-state index contributed by atoms with van der Waals surface area (Å²) < 4.78 is 5.25. The maximum Gasteiger partial charge on any atom is 0.321 e. The Morgan fingerprint density at radius 1 is 1.29 bits per heavy atom. The maximum atomic E-state index is 11.6. The number of hydrogen-bond donors (Lipinski definition) is 2. The van der Waals surface area contributed by atoms with Crippen LogP contribution in [0.3, 0.4) is 0 Å². The molecule has 21 heavy (non-hydrogen) atoms. The van der Waals surface area contributed by atoms with Crippen LogP contribution in [0.5, 0.6) is 0 Å². The molecule has 0 saturated heterocycles. The number of rotatable bonds is 4.